The molecule has 0 spiro atoms. The molecule has 0 aliphatic rings. The number of nitrogens with two attached hydrogens (primary N) is 1. The molecule has 5 nitrogen and oxygen atoms in total. The summed E-state index contributed by atoms with van der Waals surface area (Å²) in [5.41, 5.74) is 5.86. The van der Waals surface area contributed by atoms with Crippen LogP contribution in [0, 0.1) is 5.92 Å². The maximum Gasteiger partial charge on any atom is 0.237 e. The van der Waals surface area contributed by atoms with Crippen LogP contribution in [0.25, 0.3) is 0 Å². The molecule has 5 heteroatoms. The Kier molecular flexibility index (Phi) is 5.15. The summed E-state index contributed by atoms with van der Waals surface area (Å²) in [5.74, 6) is 0.127. The lowest BCUT2D eigenvalue weighted by molar-refractivity contribution is -0.124. The minimum atomic E-state index is -0.426. The number of imidazole rings is 1. The Morgan fingerprint density at radius 1 is 1.53 bits per heavy atom. The van der Waals surface area contributed by atoms with Gasteiger partial charge in [0.25, 0.3) is 0 Å². The van der Waals surface area contributed by atoms with Crippen molar-refractivity contribution >= 4 is 5.91 Å². The monoisotopic (exact) mass is 238 g/mol. The zero-order valence-electron chi connectivity index (χ0n) is 10.8. The molecule has 17 heavy (non-hydrogen) atoms. The Morgan fingerprint density at radius 2 is 2.24 bits per heavy atom. The fourth-order valence-corrected chi connectivity index (χ4v) is 1.61. The molecule has 1 heterocycles. The van der Waals surface area contributed by atoms with Gasteiger partial charge in [-0.3, -0.25) is 4.79 Å². The lowest BCUT2D eigenvalue weighted by Crippen LogP contribution is -2.48. The Balaban J connectivity index is 2.40. The largest absolute Gasteiger partial charge is 0.350 e. The van der Waals surface area contributed by atoms with E-state index in [1.165, 1.54) is 0 Å². The van der Waals surface area contributed by atoms with Gasteiger partial charge in [-0.15, -0.1) is 0 Å². The topological polar surface area (TPSA) is 72.9 Å². The second-order valence-corrected chi connectivity index (χ2v) is 4.58. The van der Waals surface area contributed by atoms with Crippen molar-refractivity contribution in [3.8, 4) is 0 Å². The minimum absolute atomic E-state index is 0.0480. The van der Waals surface area contributed by atoms with Crippen molar-refractivity contribution in [2.45, 2.75) is 45.8 Å². The van der Waals surface area contributed by atoms with Gasteiger partial charge in [-0.05, 0) is 12.8 Å². The van der Waals surface area contributed by atoms with E-state index in [1.807, 2.05) is 31.5 Å². The zero-order chi connectivity index (χ0) is 12.8. The third-order valence-electron chi connectivity index (χ3n) is 2.99. The third kappa shape index (κ3) is 4.19. The predicted octanol–water partition coefficient (Wildman–Crippen LogP) is 0.761. The lowest BCUT2D eigenvalue weighted by Gasteiger charge is -2.21. The van der Waals surface area contributed by atoms with E-state index in [9.17, 15) is 4.79 Å². The average molecular weight is 238 g/mol. The molecular weight excluding hydrogens is 216 g/mol. The summed E-state index contributed by atoms with van der Waals surface area (Å²) < 4.78 is 1.93. The number of amides is 1. The SMILES string of the molecule is CC[C@H](C)[C@H](N)C(=O)NC(C)Cn1ccnc1. The molecular formula is C12H22N4O. The quantitative estimate of drug-likeness (QED) is 0.768. The Bertz CT molecular complexity index is 336. The first-order valence-electron chi connectivity index (χ1n) is 6.06. The highest BCUT2D eigenvalue weighted by molar-refractivity contribution is 5.82. The van der Waals surface area contributed by atoms with Gasteiger partial charge in [0.05, 0.1) is 12.4 Å². The summed E-state index contributed by atoms with van der Waals surface area (Å²) in [7, 11) is 0. The van der Waals surface area contributed by atoms with Crippen LogP contribution in [0.4, 0.5) is 0 Å². The first-order valence-corrected chi connectivity index (χ1v) is 6.06. The number of nitrogens with zero attached hydrogens (tertiary/aromatic N) is 2. The Labute approximate surface area is 102 Å². The van der Waals surface area contributed by atoms with Gasteiger partial charge in [-0.25, -0.2) is 4.98 Å². The van der Waals surface area contributed by atoms with Crippen LogP contribution in [0.3, 0.4) is 0 Å². The standard InChI is InChI=1S/C12H22N4O/c1-4-9(2)11(13)12(17)15-10(3)7-16-6-5-14-8-16/h5-6,8-11H,4,7,13H2,1-3H3,(H,15,17)/t9-,10?,11-/m0/s1. The molecule has 0 bridgehead atoms. The van der Waals surface area contributed by atoms with Crippen molar-refractivity contribution in [2.75, 3.05) is 0 Å². The molecule has 0 aromatic carbocycles. The molecule has 3 atom stereocenters. The van der Waals surface area contributed by atoms with E-state index in [4.69, 9.17) is 5.73 Å². The van der Waals surface area contributed by atoms with Crippen LogP contribution < -0.4 is 11.1 Å². The number of carbonyl (C=O) groups excluding carboxylic acids is 1. The molecule has 0 aliphatic heterocycles. The van der Waals surface area contributed by atoms with Gasteiger partial charge in [-0.2, -0.15) is 0 Å². The van der Waals surface area contributed by atoms with Crippen LogP contribution in [-0.4, -0.2) is 27.5 Å². The molecule has 1 unspecified atom stereocenters. The van der Waals surface area contributed by atoms with E-state index in [1.54, 1.807) is 12.5 Å². The molecule has 1 amide bonds. The van der Waals surface area contributed by atoms with Crippen molar-refractivity contribution < 1.29 is 4.79 Å². The second-order valence-electron chi connectivity index (χ2n) is 4.58. The van der Waals surface area contributed by atoms with Crippen molar-refractivity contribution in [1.82, 2.24) is 14.9 Å². The van der Waals surface area contributed by atoms with Crippen molar-refractivity contribution in [1.29, 1.82) is 0 Å². The first-order chi connectivity index (χ1) is 8.04. The molecule has 1 rings (SSSR count). The van der Waals surface area contributed by atoms with Crippen LogP contribution in [-0.2, 0) is 11.3 Å². The Morgan fingerprint density at radius 3 is 2.76 bits per heavy atom. The fourth-order valence-electron chi connectivity index (χ4n) is 1.61. The molecule has 0 saturated carbocycles. The van der Waals surface area contributed by atoms with Crippen LogP contribution >= 0.6 is 0 Å². The van der Waals surface area contributed by atoms with Crippen LogP contribution in [0.1, 0.15) is 27.2 Å². The van der Waals surface area contributed by atoms with Crippen LogP contribution in [0.15, 0.2) is 18.7 Å². The highest BCUT2D eigenvalue weighted by atomic mass is 16.2. The summed E-state index contributed by atoms with van der Waals surface area (Å²) in [6.07, 6.45) is 6.23. The predicted molar refractivity (Wildman–Crippen MR) is 67.3 cm³/mol. The summed E-state index contributed by atoms with van der Waals surface area (Å²) in [5, 5.41) is 2.92. The van der Waals surface area contributed by atoms with Crippen molar-refractivity contribution in [3.05, 3.63) is 18.7 Å². The lowest BCUT2D eigenvalue weighted by atomic mass is 9.99. The highest BCUT2D eigenvalue weighted by Gasteiger charge is 2.20. The van der Waals surface area contributed by atoms with E-state index in [0.29, 0.717) is 6.54 Å². The maximum atomic E-state index is 11.8. The maximum absolute atomic E-state index is 11.8. The summed E-state index contributed by atoms with van der Waals surface area (Å²) in [6, 6.07) is -0.378. The molecule has 0 aliphatic carbocycles. The number of nitrogens with one attached hydrogen (secondary N) is 1. The van der Waals surface area contributed by atoms with E-state index < -0.39 is 6.04 Å². The van der Waals surface area contributed by atoms with E-state index in [2.05, 4.69) is 10.3 Å². The average Bonchev–Trinajstić information content (AvgIpc) is 2.79. The van der Waals surface area contributed by atoms with Crippen LogP contribution in [0.2, 0.25) is 0 Å². The summed E-state index contributed by atoms with van der Waals surface area (Å²) in [6.45, 7) is 6.69. The van der Waals surface area contributed by atoms with Gasteiger partial charge in [0.2, 0.25) is 5.91 Å². The van der Waals surface area contributed by atoms with Crippen molar-refractivity contribution in [3.63, 3.8) is 0 Å². The number of carbonyl (C=O) groups is 1. The third-order valence-corrected chi connectivity index (χ3v) is 2.99. The summed E-state index contributed by atoms with van der Waals surface area (Å²) in [4.78, 5) is 15.8. The molecule has 0 radical (unpaired) electrons. The molecule has 1 aromatic rings. The molecule has 0 fully saturated rings. The summed E-state index contributed by atoms with van der Waals surface area (Å²) >= 11 is 0. The molecule has 0 saturated heterocycles. The van der Waals surface area contributed by atoms with Crippen LogP contribution in [0.5, 0.6) is 0 Å². The van der Waals surface area contributed by atoms with Gasteiger partial charge in [0.1, 0.15) is 0 Å². The second kappa shape index (κ2) is 6.39. The number of hydrogen-bond acceptors (Lipinski definition) is 3. The molecule has 1 aromatic heterocycles. The van der Waals surface area contributed by atoms with E-state index in [-0.39, 0.29) is 17.9 Å². The number of hydrogen-bond donors (Lipinski definition) is 2. The zero-order valence-corrected chi connectivity index (χ0v) is 10.8. The highest BCUT2D eigenvalue weighted by Crippen LogP contribution is 2.05. The van der Waals surface area contributed by atoms with Gasteiger partial charge in [-0.1, -0.05) is 20.3 Å². The number of aromatic nitrogens is 2. The van der Waals surface area contributed by atoms with Gasteiger partial charge in [0, 0.05) is 25.0 Å². The number of rotatable bonds is 6. The first kappa shape index (κ1) is 13.7. The van der Waals surface area contributed by atoms with Gasteiger partial charge < -0.3 is 15.6 Å². The van der Waals surface area contributed by atoms with E-state index >= 15 is 0 Å². The molecule has 3 N–H and O–H groups in total. The van der Waals surface area contributed by atoms with Gasteiger partial charge >= 0.3 is 0 Å². The van der Waals surface area contributed by atoms with Gasteiger partial charge in [0.15, 0.2) is 0 Å². The molecule has 96 valence electrons. The smallest absolute Gasteiger partial charge is 0.237 e. The fraction of sp³-hybridized carbons (Fsp3) is 0.667. The normalized spacial score (nSPS) is 16.2. The van der Waals surface area contributed by atoms with Crippen molar-refractivity contribution in [2.24, 2.45) is 11.7 Å². The van der Waals surface area contributed by atoms with E-state index in [0.717, 1.165) is 6.42 Å². The minimum Gasteiger partial charge on any atom is -0.350 e. The Hall–Kier alpha value is -1.36.